The van der Waals surface area contributed by atoms with Gasteiger partial charge in [0.1, 0.15) is 11.6 Å². The number of halogens is 2. The third-order valence-electron chi connectivity index (χ3n) is 3.20. The van der Waals surface area contributed by atoms with Gasteiger partial charge in [-0.2, -0.15) is 0 Å². The van der Waals surface area contributed by atoms with Gasteiger partial charge < -0.3 is 9.84 Å². The zero-order valence-corrected chi connectivity index (χ0v) is 11.9. The lowest BCUT2D eigenvalue weighted by Gasteiger charge is -2.15. The van der Waals surface area contributed by atoms with Crippen LogP contribution in [0.2, 0.25) is 5.02 Å². The number of nitrogens with zero attached hydrogens (tertiary/aromatic N) is 1. The maximum atomic E-state index is 13.0. The summed E-state index contributed by atoms with van der Waals surface area (Å²) in [6.07, 6.45) is 0. The van der Waals surface area contributed by atoms with E-state index in [4.69, 9.17) is 16.1 Å². The van der Waals surface area contributed by atoms with Crippen molar-refractivity contribution in [1.29, 1.82) is 0 Å². The van der Waals surface area contributed by atoms with Gasteiger partial charge >= 0.3 is 0 Å². The van der Waals surface area contributed by atoms with Crippen molar-refractivity contribution >= 4 is 11.6 Å². The van der Waals surface area contributed by atoms with Crippen LogP contribution in [0.1, 0.15) is 35.5 Å². The molecule has 0 fully saturated rings. The molecular formula is C14H16ClFN2O. The third-order valence-corrected chi connectivity index (χ3v) is 3.52. The van der Waals surface area contributed by atoms with Crippen molar-refractivity contribution < 1.29 is 8.91 Å². The van der Waals surface area contributed by atoms with Crippen molar-refractivity contribution in [3.8, 4) is 0 Å². The van der Waals surface area contributed by atoms with Crippen LogP contribution in [0.5, 0.6) is 0 Å². The number of aryl methyl sites for hydroxylation is 2. The van der Waals surface area contributed by atoms with E-state index in [0.29, 0.717) is 11.6 Å². The van der Waals surface area contributed by atoms with Crippen LogP contribution in [-0.4, -0.2) is 5.16 Å². The highest BCUT2D eigenvalue weighted by Crippen LogP contribution is 2.24. The molecule has 3 nitrogen and oxygen atoms in total. The van der Waals surface area contributed by atoms with Crippen LogP contribution in [0.15, 0.2) is 22.7 Å². The Hall–Kier alpha value is -1.39. The molecule has 1 N–H and O–H groups in total. The van der Waals surface area contributed by atoms with Gasteiger partial charge in [-0.25, -0.2) is 4.39 Å². The van der Waals surface area contributed by atoms with Crippen LogP contribution >= 0.6 is 11.6 Å². The largest absolute Gasteiger partial charge is 0.361 e. The van der Waals surface area contributed by atoms with E-state index in [9.17, 15) is 4.39 Å². The summed E-state index contributed by atoms with van der Waals surface area (Å²) >= 11 is 6.04. The number of nitrogens with one attached hydrogen (secondary N) is 1. The Morgan fingerprint density at radius 2 is 2.16 bits per heavy atom. The zero-order valence-electron chi connectivity index (χ0n) is 11.1. The minimum atomic E-state index is -0.327. The molecule has 2 aromatic rings. The lowest BCUT2D eigenvalue weighted by molar-refractivity contribution is 0.391. The Morgan fingerprint density at radius 1 is 1.42 bits per heavy atom. The first-order valence-electron chi connectivity index (χ1n) is 6.09. The standard InChI is InChI=1S/C14H16ClFN2O/c1-8(12-5-4-11(16)6-14(12)15)17-7-13-9(2)18-19-10(13)3/h4-6,8,17H,7H2,1-3H3. The van der Waals surface area contributed by atoms with E-state index in [0.717, 1.165) is 22.6 Å². The second kappa shape index (κ2) is 5.72. The molecule has 1 unspecified atom stereocenters. The topological polar surface area (TPSA) is 38.1 Å². The third kappa shape index (κ3) is 3.14. The fourth-order valence-corrected chi connectivity index (χ4v) is 2.30. The molecule has 0 saturated carbocycles. The zero-order chi connectivity index (χ0) is 14.0. The highest BCUT2D eigenvalue weighted by molar-refractivity contribution is 6.31. The van der Waals surface area contributed by atoms with E-state index in [1.54, 1.807) is 6.07 Å². The molecule has 0 amide bonds. The molecule has 2 rings (SSSR count). The van der Waals surface area contributed by atoms with E-state index in [1.807, 2.05) is 20.8 Å². The van der Waals surface area contributed by atoms with Crippen LogP contribution in [0.4, 0.5) is 4.39 Å². The Balaban J connectivity index is 2.07. The predicted octanol–water partition coefficient (Wildman–Crippen LogP) is 3.93. The Bertz CT molecular complexity index is 563. The average Bonchev–Trinajstić information content (AvgIpc) is 2.66. The molecule has 102 valence electrons. The molecule has 0 saturated heterocycles. The summed E-state index contributed by atoms with van der Waals surface area (Å²) in [4.78, 5) is 0. The van der Waals surface area contributed by atoms with Gasteiger partial charge in [0.05, 0.1) is 5.69 Å². The summed E-state index contributed by atoms with van der Waals surface area (Å²) in [5.41, 5.74) is 2.79. The lowest BCUT2D eigenvalue weighted by Crippen LogP contribution is -2.19. The van der Waals surface area contributed by atoms with Gasteiger partial charge in [-0.15, -0.1) is 0 Å². The first-order valence-corrected chi connectivity index (χ1v) is 6.47. The second-order valence-corrected chi connectivity index (χ2v) is 4.98. The fourth-order valence-electron chi connectivity index (χ4n) is 1.97. The molecule has 1 aromatic carbocycles. The molecule has 0 aliphatic rings. The monoisotopic (exact) mass is 282 g/mol. The van der Waals surface area contributed by atoms with Gasteiger partial charge in [-0.3, -0.25) is 0 Å². The Labute approximate surface area is 116 Å². The highest BCUT2D eigenvalue weighted by atomic mass is 35.5. The van der Waals surface area contributed by atoms with Crippen LogP contribution in [0.3, 0.4) is 0 Å². The van der Waals surface area contributed by atoms with Crippen LogP contribution in [0, 0.1) is 19.7 Å². The summed E-state index contributed by atoms with van der Waals surface area (Å²) in [6.45, 7) is 6.41. The van der Waals surface area contributed by atoms with Crippen LogP contribution in [-0.2, 0) is 6.54 Å². The van der Waals surface area contributed by atoms with E-state index in [1.165, 1.54) is 12.1 Å². The lowest BCUT2D eigenvalue weighted by atomic mass is 10.1. The van der Waals surface area contributed by atoms with E-state index < -0.39 is 0 Å². The molecule has 1 aromatic heterocycles. The molecule has 0 aliphatic heterocycles. The van der Waals surface area contributed by atoms with E-state index >= 15 is 0 Å². The van der Waals surface area contributed by atoms with Gasteiger partial charge in [0.25, 0.3) is 0 Å². The van der Waals surface area contributed by atoms with Crippen LogP contribution in [0.25, 0.3) is 0 Å². The second-order valence-electron chi connectivity index (χ2n) is 4.57. The number of hydrogen-bond donors (Lipinski definition) is 1. The first kappa shape index (κ1) is 14.0. The van der Waals surface area contributed by atoms with Gasteiger partial charge in [0.15, 0.2) is 0 Å². The molecule has 0 bridgehead atoms. The van der Waals surface area contributed by atoms with Gasteiger partial charge in [0.2, 0.25) is 0 Å². The quantitative estimate of drug-likeness (QED) is 0.923. The normalized spacial score (nSPS) is 12.7. The Morgan fingerprint density at radius 3 is 2.74 bits per heavy atom. The van der Waals surface area contributed by atoms with Crippen molar-refractivity contribution in [2.75, 3.05) is 0 Å². The van der Waals surface area contributed by atoms with Crippen molar-refractivity contribution in [3.63, 3.8) is 0 Å². The predicted molar refractivity (Wildman–Crippen MR) is 72.6 cm³/mol. The maximum Gasteiger partial charge on any atom is 0.138 e. The molecule has 19 heavy (non-hydrogen) atoms. The smallest absolute Gasteiger partial charge is 0.138 e. The molecule has 1 atom stereocenters. The summed E-state index contributed by atoms with van der Waals surface area (Å²) < 4.78 is 18.1. The minimum absolute atomic E-state index is 0.0156. The Kier molecular flexibility index (Phi) is 4.22. The first-order chi connectivity index (χ1) is 8.99. The fraction of sp³-hybridized carbons (Fsp3) is 0.357. The van der Waals surface area contributed by atoms with Crippen molar-refractivity contribution in [2.24, 2.45) is 0 Å². The molecule has 0 aliphatic carbocycles. The summed E-state index contributed by atoms with van der Waals surface area (Å²) in [5.74, 6) is 0.481. The molecule has 0 radical (unpaired) electrons. The molecule has 5 heteroatoms. The molecule has 1 heterocycles. The van der Waals surface area contributed by atoms with Crippen molar-refractivity contribution in [1.82, 2.24) is 10.5 Å². The highest BCUT2D eigenvalue weighted by Gasteiger charge is 2.13. The van der Waals surface area contributed by atoms with Gasteiger partial charge in [-0.05, 0) is 38.5 Å². The van der Waals surface area contributed by atoms with Crippen LogP contribution < -0.4 is 5.32 Å². The maximum absolute atomic E-state index is 13.0. The number of hydrogen-bond acceptors (Lipinski definition) is 3. The van der Waals surface area contributed by atoms with Gasteiger partial charge in [0, 0.05) is 23.2 Å². The van der Waals surface area contributed by atoms with E-state index in [-0.39, 0.29) is 11.9 Å². The average molecular weight is 283 g/mol. The van der Waals surface area contributed by atoms with Gasteiger partial charge in [-0.1, -0.05) is 22.8 Å². The number of aromatic nitrogens is 1. The minimum Gasteiger partial charge on any atom is -0.361 e. The molecular weight excluding hydrogens is 267 g/mol. The summed E-state index contributed by atoms with van der Waals surface area (Å²) in [6, 6.07) is 4.45. The summed E-state index contributed by atoms with van der Waals surface area (Å²) in [5, 5.41) is 7.67. The number of rotatable bonds is 4. The molecule has 0 spiro atoms. The SMILES string of the molecule is Cc1noc(C)c1CNC(C)c1ccc(F)cc1Cl. The van der Waals surface area contributed by atoms with Crippen molar-refractivity contribution in [3.05, 3.63) is 51.6 Å². The number of benzene rings is 1. The summed E-state index contributed by atoms with van der Waals surface area (Å²) in [7, 11) is 0. The van der Waals surface area contributed by atoms with E-state index in [2.05, 4.69) is 10.5 Å². The van der Waals surface area contributed by atoms with Crippen molar-refractivity contribution in [2.45, 2.75) is 33.4 Å².